The summed E-state index contributed by atoms with van der Waals surface area (Å²) in [6.45, 7) is 2.68. The Kier molecular flexibility index (Phi) is 5.42. The standard InChI is InChI=1S/C21H20N6O2/c1-2-29-20(28)16-13-24-21(23-12-9-15-7-10-22-11-8-15)26-19(16)27-14-25-17-5-3-4-6-18(17)27/h3-8,10-11,13-14H,2,9,12H2,1H3,(H,23,24,26). The molecule has 0 bridgehead atoms. The molecule has 0 aliphatic rings. The molecule has 3 aromatic heterocycles. The number of rotatable bonds is 7. The number of hydrogen-bond acceptors (Lipinski definition) is 7. The van der Waals surface area contributed by atoms with Gasteiger partial charge in [-0.3, -0.25) is 9.55 Å². The quantitative estimate of drug-likeness (QED) is 0.486. The molecule has 0 atom stereocenters. The second kappa shape index (κ2) is 8.47. The summed E-state index contributed by atoms with van der Waals surface area (Å²) >= 11 is 0. The molecule has 0 unspecified atom stereocenters. The van der Waals surface area contributed by atoms with Gasteiger partial charge in [-0.05, 0) is 43.2 Å². The Morgan fingerprint density at radius 3 is 2.79 bits per heavy atom. The van der Waals surface area contributed by atoms with Crippen LogP contribution >= 0.6 is 0 Å². The summed E-state index contributed by atoms with van der Waals surface area (Å²) in [7, 11) is 0. The molecule has 0 aliphatic heterocycles. The van der Waals surface area contributed by atoms with Gasteiger partial charge in [0.05, 0.1) is 17.6 Å². The third kappa shape index (κ3) is 4.06. The van der Waals surface area contributed by atoms with Crippen LogP contribution < -0.4 is 5.32 Å². The zero-order valence-electron chi connectivity index (χ0n) is 15.9. The van der Waals surface area contributed by atoms with E-state index in [4.69, 9.17) is 4.74 Å². The number of hydrogen-bond donors (Lipinski definition) is 1. The van der Waals surface area contributed by atoms with Gasteiger partial charge in [0.25, 0.3) is 0 Å². The maximum Gasteiger partial charge on any atom is 0.343 e. The Balaban J connectivity index is 1.65. The number of nitrogens with zero attached hydrogens (tertiary/aromatic N) is 5. The van der Waals surface area contributed by atoms with Gasteiger partial charge in [0.2, 0.25) is 5.95 Å². The minimum absolute atomic E-state index is 0.273. The molecule has 0 saturated heterocycles. The molecule has 4 aromatic rings. The number of para-hydroxylation sites is 2. The van der Waals surface area contributed by atoms with Crippen LogP contribution in [0.4, 0.5) is 5.95 Å². The van der Waals surface area contributed by atoms with Crippen LogP contribution in [-0.4, -0.2) is 43.6 Å². The molecule has 4 rings (SSSR count). The van der Waals surface area contributed by atoms with E-state index in [9.17, 15) is 4.79 Å². The molecule has 0 aliphatic carbocycles. The Labute approximate surface area is 167 Å². The number of benzene rings is 1. The second-order valence-electron chi connectivity index (χ2n) is 6.29. The third-order valence-electron chi connectivity index (χ3n) is 4.39. The maximum absolute atomic E-state index is 12.4. The number of carbonyl (C=O) groups excluding carboxylic acids is 1. The first-order valence-corrected chi connectivity index (χ1v) is 9.35. The predicted octanol–water partition coefficient (Wildman–Crippen LogP) is 3.04. The Bertz CT molecular complexity index is 1130. The van der Waals surface area contributed by atoms with E-state index < -0.39 is 5.97 Å². The van der Waals surface area contributed by atoms with Crippen LogP contribution in [0.5, 0.6) is 0 Å². The topological polar surface area (TPSA) is 94.8 Å². The molecule has 8 heteroatoms. The Morgan fingerprint density at radius 1 is 1.14 bits per heavy atom. The lowest BCUT2D eigenvalue weighted by atomic mass is 10.2. The summed E-state index contributed by atoms with van der Waals surface area (Å²) in [5, 5.41) is 3.21. The minimum atomic E-state index is -0.469. The van der Waals surface area contributed by atoms with Crippen LogP contribution in [0, 0.1) is 0 Å². The average Bonchev–Trinajstić information content (AvgIpc) is 3.19. The van der Waals surface area contributed by atoms with E-state index in [1.54, 1.807) is 30.2 Å². The first-order valence-electron chi connectivity index (χ1n) is 9.35. The van der Waals surface area contributed by atoms with Crippen molar-refractivity contribution in [2.45, 2.75) is 13.3 Å². The summed E-state index contributed by atoms with van der Waals surface area (Å²) in [6.07, 6.45) is 7.47. The molecule has 8 nitrogen and oxygen atoms in total. The summed E-state index contributed by atoms with van der Waals surface area (Å²) in [6, 6.07) is 11.6. The van der Waals surface area contributed by atoms with Crippen molar-refractivity contribution in [3.05, 3.63) is 72.4 Å². The molecule has 1 N–H and O–H groups in total. The number of pyridine rings is 1. The number of imidazole rings is 1. The molecule has 0 fully saturated rings. The van der Waals surface area contributed by atoms with E-state index in [1.165, 1.54) is 6.20 Å². The van der Waals surface area contributed by atoms with Gasteiger partial charge in [0.1, 0.15) is 11.9 Å². The number of esters is 1. The first-order chi connectivity index (χ1) is 14.3. The van der Waals surface area contributed by atoms with Gasteiger partial charge >= 0.3 is 5.97 Å². The van der Waals surface area contributed by atoms with Gasteiger partial charge in [-0.2, -0.15) is 4.98 Å². The van der Waals surface area contributed by atoms with Gasteiger partial charge in [-0.15, -0.1) is 0 Å². The van der Waals surface area contributed by atoms with Crippen molar-refractivity contribution in [2.75, 3.05) is 18.5 Å². The second-order valence-corrected chi connectivity index (χ2v) is 6.29. The normalized spacial score (nSPS) is 10.8. The fraction of sp³-hybridized carbons (Fsp3) is 0.190. The van der Waals surface area contributed by atoms with Crippen molar-refractivity contribution in [3.63, 3.8) is 0 Å². The summed E-state index contributed by atoms with van der Waals surface area (Å²) in [5.74, 6) is 0.391. The van der Waals surface area contributed by atoms with Crippen molar-refractivity contribution < 1.29 is 9.53 Å². The number of fused-ring (bicyclic) bond motifs is 1. The monoisotopic (exact) mass is 388 g/mol. The number of aromatic nitrogens is 5. The Morgan fingerprint density at radius 2 is 1.97 bits per heavy atom. The van der Waals surface area contributed by atoms with Crippen LogP contribution in [0.2, 0.25) is 0 Å². The Hall–Kier alpha value is -3.81. The molecule has 1 aromatic carbocycles. The van der Waals surface area contributed by atoms with Gasteiger partial charge in [-0.1, -0.05) is 12.1 Å². The largest absolute Gasteiger partial charge is 0.462 e. The van der Waals surface area contributed by atoms with Crippen molar-refractivity contribution in [1.29, 1.82) is 0 Å². The van der Waals surface area contributed by atoms with Crippen LogP contribution in [0.1, 0.15) is 22.8 Å². The third-order valence-corrected chi connectivity index (χ3v) is 4.39. The number of carbonyl (C=O) groups is 1. The van der Waals surface area contributed by atoms with Gasteiger partial charge in [0.15, 0.2) is 5.82 Å². The highest BCUT2D eigenvalue weighted by Crippen LogP contribution is 2.21. The zero-order valence-corrected chi connectivity index (χ0v) is 15.9. The molecular formula is C21H20N6O2. The van der Waals surface area contributed by atoms with Crippen molar-refractivity contribution >= 4 is 23.0 Å². The summed E-state index contributed by atoms with van der Waals surface area (Å²) in [5.41, 5.74) is 3.11. The fourth-order valence-corrected chi connectivity index (χ4v) is 2.99. The molecule has 0 amide bonds. The lowest BCUT2D eigenvalue weighted by molar-refractivity contribution is 0.0525. The highest BCUT2D eigenvalue weighted by molar-refractivity contribution is 5.93. The minimum Gasteiger partial charge on any atom is -0.462 e. The summed E-state index contributed by atoms with van der Waals surface area (Å²) in [4.78, 5) is 29.7. The average molecular weight is 388 g/mol. The van der Waals surface area contributed by atoms with E-state index in [2.05, 4.69) is 25.3 Å². The number of ether oxygens (including phenoxy) is 1. The van der Waals surface area contributed by atoms with Crippen molar-refractivity contribution in [2.24, 2.45) is 0 Å². The summed E-state index contributed by atoms with van der Waals surface area (Å²) < 4.78 is 6.95. The smallest absolute Gasteiger partial charge is 0.343 e. The number of nitrogens with one attached hydrogen (secondary N) is 1. The molecule has 3 heterocycles. The van der Waals surface area contributed by atoms with Gasteiger partial charge in [0, 0.05) is 25.1 Å². The molecule has 0 spiro atoms. The number of anilines is 1. The zero-order chi connectivity index (χ0) is 20.1. The van der Waals surface area contributed by atoms with Crippen LogP contribution in [-0.2, 0) is 11.2 Å². The van der Waals surface area contributed by atoms with E-state index >= 15 is 0 Å². The van der Waals surface area contributed by atoms with Crippen molar-refractivity contribution in [1.82, 2.24) is 24.5 Å². The van der Waals surface area contributed by atoms with E-state index in [0.29, 0.717) is 18.3 Å². The van der Waals surface area contributed by atoms with E-state index in [0.717, 1.165) is 23.0 Å². The lowest BCUT2D eigenvalue weighted by Crippen LogP contribution is -2.15. The van der Waals surface area contributed by atoms with E-state index in [-0.39, 0.29) is 12.2 Å². The molecule has 146 valence electrons. The highest BCUT2D eigenvalue weighted by atomic mass is 16.5. The first kappa shape index (κ1) is 18.5. The predicted molar refractivity (Wildman–Crippen MR) is 109 cm³/mol. The molecular weight excluding hydrogens is 368 g/mol. The molecule has 0 saturated carbocycles. The molecule has 29 heavy (non-hydrogen) atoms. The van der Waals surface area contributed by atoms with Crippen LogP contribution in [0.15, 0.2) is 61.3 Å². The SMILES string of the molecule is CCOC(=O)c1cnc(NCCc2ccncc2)nc1-n1cnc2ccccc21. The van der Waals surface area contributed by atoms with Gasteiger partial charge in [-0.25, -0.2) is 14.8 Å². The van der Waals surface area contributed by atoms with Crippen molar-refractivity contribution in [3.8, 4) is 5.82 Å². The fourth-order valence-electron chi connectivity index (χ4n) is 2.99. The van der Waals surface area contributed by atoms with Gasteiger partial charge < -0.3 is 10.1 Å². The highest BCUT2D eigenvalue weighted by Gasteiger charge is 2.19. The van der Waals surface area contributed by atoms with Crippen LogP contribution in [0.3, 0.4) is 0 Å². The maximum atomic E-state index is 12.4. The molecule has 0 radical (unpaired) electrons. The lowest BCUT2D eigenvalue weighted by Gasteiger charge is -2.12. The van der Waals surface area contributed by atoms with E-state index in [1.807, 2.05) is 36.4 Å². The van der Waals surface area contributed by atoms with Crippen LogP contribution in [0.25, 0.3) is 16.9 Å².